The molecule has 2 rings (SSSR count). The van der Waals surface area contributed by atoms with E-state index in [1.54, 1.807) is 0 Å². The average Bonchev–Trinajstić information content (AvgIpc) is 2.52. The summed E-state index contributed by atoms with van der Waals surface area (Å²) in [6, 6.07) is 10.7. The zero-order valence-corrected chi connectivity index (χ0v) is 13.9. The van der Waals surface area contributed by atoms with E-state index in [1.165, 1.54) is 0 Å². The summed E-state index contributed by atoms with van der Waals surface area (Å²) >= 11 is 0. The van der Waals surface area contributed by atoms with Crippen molar-refractivity contribution in [2.75, 3.05) is 6.54 Å². The number of aliphatic imine (C=N–C) groups is 1. The molecule has 4 nitrogen and oxygen atoms in total. The average molecular weight is 298 g/mol. The molecule has 1 heterocycles. The third-order valence-electron chi connectivity index (χ3n) is 3.83. The minimum absolute atomic E-state index is 0.378. The van der Waals surface area contributed by atoms with Crippen molar-refractivity contribution >= 4 is 16.9 Å². The summed E-state index contributed by atoms with van der Waals surface area (Å²) in [4.78, 5) is 9.19. The van der Waals surface area contributed by atoms with Gasteiger partial charge in [-0.2, -0.15) is 0 Å². The molecule has 0 spiro atoms. The highest BCUT2D eigenvalue weighted by Gasteiger charge is 2.09. The Hall–Kier alpha value is -2.10. The molecule has 1 aromatic carbocycles. The third kappa shape index (κ3) is 4.20. The minimum atomic E-state index is 0.378. The molecule has 0 aliphatic carbocycles. The highest BCUT2D eigenvalue weighted by molar-refractivity contribution is 5.83. The molecule has 0 fully saturated rings. The third-order valence-corrected chi connectivity index (χ3v) is 3.83. The zero-order valence-electron chi connectivity index (χ0n) is 13.9. The standard InChI is InChI=1S/C18H26N4/c1-5-19-18(22-14(4)13(2)3)21-12-16-9-6-8-15-10-7-11-20-17(15)16/h6-11,13-14H,5,12H2,1-4H3,(H2,19,21,22). The second-order valence-electron chi connectivity index (χ2n) is 5.86. The first kappa shape index (κ1) is 16.3. The Morgan fingerprint density at radius 1 is 1.18 bits per heavy atom. The monoisotopic (exact) mass is 298 g/mol. The van der Waals surface area contributed by atoms with Gasteiger partial charge >= 0.3 is 0 Å². The predicted octanol–water partition coefficient (Wildman–Crippen LogP) is 3.33. The van der Waals surface area contributed by atoms with Crippen molar-refractivity contribution < 1.29 is 0 Å². The molecule has 0 radical (unpaired) electrons. The van der Waals surface area contributed by atoms with E-state index in [0.717, 1.165) is 29.0 Å². The van der Waals surface area contributed by atoms with Crippen molar-refractivity contribution in [1.82, 2.24) is 15.6 Å². The quantitative estimate of drug-likeness (QED) is 0.657. The van der Waals surface area contributed by atoms with Crippen molar-refractivity contribution in [3.8, 4) is 0 Å². The van der Waals surface area contributed by atoms with Gasteiger partial charge in [0, 0.05) is 24.2 Å². The summed E-state index contributed by atoms with van der Waals surface area (Å²) in [5.74, 6) is 1.42. The molecular formula is C18H26N4. The Labute approximate surface area is 133 Å². The fourth-order valence-corrected chi connectivity index (χ4v) is 2.16. The number of benzene rings is 1. The topological polar surface area (TPSA) is 49.3 Å². The molecule has 0 aliphatic rings. The second-order valence-corrected chi connectivity index (χ2v) is 5.86. The lowest BCUT2D eigenvalue weighted by molar-refractivity contribution is 0.481. The smallest absolute Gasteiger partial charge is 0.191 e. The number of guanidine groups is 1. The van der Waals surface area contributed by atoms with Crippen LogP contribution >= 0.6 is 0 Å². The summed E-state index contributed by atoms with van der Waals surface area (Å²) in [6.45, 7) is 10.1. The van der Waals surface area contributed by atoms with Gasteiger partial charge in [0.15, 0.2) is 5.96 Å². The van der Waals surface area contributed by atoms with Crippen LogP contribution in [0.4, 0.5) is 0 Å². The predicted molar refractivity (Wildman–Crippen MR) is 94.0 cm³/mol. The summed E-state index contributed by atoms with van der Waals surface area (Å²) in [6.07, 6.45) is 1.83. The van der Waals surface area contributed by atoms with Crippen LogP contribution in [0.25, 0.3) is 10.9 Å². The summed E-state index contributed by atoms with van der Waals surface area (Å²) in [5, 5.41) is 7.92. The van der Waals surface area contributed by atoms with Crippen LogP contribution in [-0.2, 0) is 6.54 Å². The molecule has 22 heavy (non-hydrogen) atoms. The van der Waals surface area contributed by atoms with Crippen LogP contribution in [0.2, 0.25) is 0 Å². The fraction of sp³-hybridized carbons (Fsp3) is 0.444. The van der Waals surface area contributed by atoms with Crippen LogP contribution < -0.4 is 10.6 Å². The van der Waals surface area contributed by atoms with Gasteiger partial charge in [0.25, 0.3) is 0 Å². The van der Waals surface area contributed by atoms with E-state index in [-0.39, 0.29) is 0 Å². The van der Waals surface area contributed by atoms with Crippen LogP contribution in [0.5, 0.6) is 0 Å². The maximum Gasteiger partial charge on any atom is 0.191 e. The Balaban J connectivity index is 2.18. The summed E-state index contributed by atoms with van der Waals surface area (Å²) in [7, 11) is 0. The van der Waals surface area contributed by atoms with E-state index in [1.807, 2.05) is 12.3 Å². The molecule has 0 saturated carbocycles. The number of hydrogen-bond donors (Lipinski definition) is 2. The van der Waals surface area contributed by atoms with E-state index < -0.39 is 0 Å². The van der Waals surface area contributed by atoms with Crippen molar-refractivity contribution in [2.24, 2.45) is 10.9 Å². The Kier molecular flexibility index (Phi) is 5.75. The lowest BCUT2D eigenvalue weighted by Gasteiger charge is -2.20. The van der Waals surface area contributed by atoms with Crippen LogP contribution in [-0.4, -0.2) is 23.5 Å². The number of nitrogens with zero attached hydrogens (tertiary/aromatic N) is 2. The molecule has 0 aliphatic heterocycles. The van der Waals surface area contributed by atoms with Gasteiger partial charge < -0.3 is 10.6 Å². The van der Waals surface area contributed by atoms with Crippen LogP contribution in [0.3, 0.4) is 0 Å². The second kappa shape index (κ2) is 7.78. The number of para-hydroxylation sites is 1. The van der Waals surface area contributed by atoms with Crippen molar-refractivity contribution in [3.05, 3.63) is 42.1 Å². The Morgan fingerprint density at radius 2 is 1.95 bits per heavy atom. The van der Waals surface area contributed by atoms with Gasteiger partial charge in [-0.05, 0) is 31.4 Å². The number of fused-ring (bicyclic) bond motifs is 1. The molecule has 2 aromatic rings. The molecule has 1 atom stereocenters. The van der Waals surface area contributed by atoms with E-state index in [9.17, 15) is 0 Å². The first-order valence-electron chi connectivity index (χ1n) is 7.99. The first-order valence-corrected chi connectivity index (χ1v) is 7.99. The summed E-state index contributed by atoms with van der Waals surface area (Å²) < 4.78 is 0. The van der Waals surface area contributed by atoms with Crippen LogP contribution in [0.1, 0.15) is 33.3 Å². The number of pyridine rings is 1. The molecule has 0 saturated heterocycles. The van der Waals surface area contributed by atoms with E-state index in [0.29, 0.717) is 18.5 Å². The van der Waals surface area contributed by atoms with Gasteiger partial charge in [-0.3, -0.25) is 4.98 Å². The molecule has 0 bridgehead atoms. The molecule has 4 heteroatoms. The maximum absolute atomic E-state index is 4.71. The fourth-order valence-electron chi connectivity index (χ4n) is 2.16. The van der Waals surface area contributed by atoms with Crippen molar-refractivity contribution in [3.63, 3.8) is 0 Å². The molecule has 1 unspecified atom stereocenters. The number of nitrogens with one attached hydrogen (secondary N) is 2. The van der Waals surface area contributed by atoms with Gasteiger partial charge in [-0.15, -0.1) is 0 Å². The van der Waals surface area contributed by atoms with E-state index in [4.69, 9.17) is 4.99 Å². The largest absolute Gasteiger partial charge is 0.357 e. The highest BCUT2D eigenvalue weighted by atomic mass is 15.2. The van der Waals surface area contributed by atoms with Crippen molar-refractivity contribution in [1.29, 1.82) is 0 Å². The van der Waals surface area contributed by atoms with Gasteiger partial charge in [-0.1, -0.05) is 38.1 Å². The van der Waals surface area contributed by atoms with E-state index in [2.05, 4.69) is 67.6 Å². The SMILES string of the molecule is CCNC(=NCc1cccc2cccnc12)NC(C)C(C)C. The molecule has 1 aromatic heterocycles. The van der Waals surface area contributed by atoms with Crippen LogP contribution in [0, 0.1) is 5.92 Å². The molecule has 2 N–H and O–H groups in total. The zero-order chi connectivity index (χ0) is 15.9. The van der Waals surface area contributed by atoms with Gasteiger partial charge in [0.05, 0.1) is 12.1 Å². The van der Waals surface area contributed by atoms with Crippen molar-refractivity contribution in [2.45, 2.75) is 40.3 Å². The number of aromatic nitrogens is 1. The Morgan fingerprint density at radius 3 is 2.68 bits per heavy atom. The minimum Gasteiger partial charge on any atom is -0.357 e. The first-order chi connectivity index (χ1) is 10.6. The summed E-state index contributed by atoms with van der Waals surface area (Å²) in [5.41, 5.74) is 2.18. The Bertz CT molecular complexity index is 629. The van der Waals surface area contributed by atoms with Gasteiger partial charge in [0.2, 0.25) is 0 Å². The maximum atomic E-state index is 4.71. The lowest BCUT2D eigenvalue weighted by Crippen LogP contribution is -2.44. The number of rotatable bonds is 5. The van der Waals surface area contributed by atoms with Gasteiger partial charge in [0.1, 0.15) is 0 Å². The molecule has 118 valence electrons. The molecular weight excluding hydrogens is 272 g/mol. The highest BCUT2D eigenvalue weighted by Crippen LogP contribution is 2.16. The van der Waals surface area contributed by atoms with E-state index >= 15 is 0 Å². The normalized spacial score (nSPS) is 13.4. The lowest BCUT2D eigenvalue weighted by atomic mass is 10.1. The van der Waals surface area contributed by atoms with Crippen LogP contribution in [0.15, 0.2) is 41.5 Å². The molecule has 0 amide bonds. The number of hydrogen-bond acceptors (Lipinski definition) is 2. The van der Waals surface area contributed by atoms with Gasteiger partial charge in [-0.25, -0.2) is 4.99 Å².